The van der Waals surface area contributed by atoms with Gasteiger partial charge in [0.05, 0.1) is 6.07 Å². The van der Waals surface area contributed by atoms with Crippen molar-refractivity contribution in [1.29, 1.82) is 5.26 Å². The molecule has 3 heteroatoms. The SMILES string of the molecule is N#CC(N)c1ccc(Br)cc1. The molecular formula is C8H7BrN2. The molecule has 1 unspecified atom stereocenters. The summed E-state index contributed by atoms with van der Waals surface area (Å²) in [5.74, 6) is 0. The third-order valence-electron chi connectivity index (χ3n) is 1.37. The molecule has 56 valence electrons. The smallest absolute Gasteiger partial charge is 0.118 e. The zero-order valence-corrected chi connectivity index (χ0v) is 7.38. The number of nitrogens with two attached hydrogens (primary N) is 1. The lowest BCUT2D eigenvalue weighted by Crippen LogP contribution is -2.06. The Labute approximate surface area is 73.8 Å². The summed E-state index contributed by atoms with van der Waals surface area (Å²) in [6, 6.07) is 8.85. The predicted octanol–water partition coefficient (Wildman–Crippen LogP) is 1.97. The Morgan fingerprint density at radius 1 is 1.36 bits per heavy atom. The number of halogens is 1. The highest BCUT2D eigenvalue weighted by molar-refractivity contribution is 9.10. The summed E-state index contributed by atoms with van der Waals surface area (Å²) in [5.41, 5.74) is 6.31. The van der Waals surface area contributed by atoms with Gasteiger partial charge < -0.3 is 5.73 Å². The van der Waals surface area contributed by atoms with Crippen molar-refractivity contribution < 1.29 is 0 Å². The van der Waals surface area contributed by atoms with Crippen LogP contribution in [0.4, 0.5) is 0 Å². The van der Waals surface area contributed by atoms with E-state index < -0.39 is 6.04 Å². The molecule has 1 rings (SSSR count). The molecule has 0 saturated carbocycles. The normalized spacial score (nSPS) is 12.1. The first kappa shape index (κ1) is 8.25. The van der Waals surface area contributed by atoms with Crippen molar-refractivity contribution >= 4 is 15.9 Å². The minimum atomic E-state index is -0.511. The van der Waals surface area contributed by atoms with Crippen molar-refractivity contribution in [1.82, 2.24) is 0 Å². The zero-order chi connectivity index (χ0) is 8.27. The molecule has 0 heterocycles. The van der Waals surface area contributed by atoms with Gasteiger partial charge in [-0.3, -0.25) is 0 Å². The van der Waals surface area contributed by atoms with Gasteiger partial charge in [-0.25, -0.2) is 0 Å². The first-order valence-electron chi connectivity index (χ1n) is 3.14. The molecule has 0 aliphatic rings. The van der Waals surface area contributed by atoms with Gasteiger partial charge in [-0.15, -0.1) is 0 Å². The average Bonchev–Trinajstić information content (AvgIpc) is 2.05. The molecule has 0 aromatic heterocycles. The van der Waals surface area contributed by atoms with Crippen LogP contribution in [0.1, 0.15) is 11.6 Å². The van der Waals surface area contributed by atoms with E-state index in [1.165, 1.54) is 0 Å². The fraction of sp³-hybridized carbons (Fsp3) is 0.125. The lowest BCUT2D eigenvalue weighted by molar-refractivity contribution is 0.926. The van der Waals surface area contributed by atoms with Crippen molar-refractivity contribution in [2.45, 2.75) is 6.04 Å². The van der Waals surface area contributed by atoms with Gasteiger partial charge >= 0.3 is 0 Å². The molecule has 0 saturated heterocycles. The Hall–Kier alpha value is -0.850. The van der Waals surface area contributed by atoms with Gasteiger partial charge in [0, 0.05) is 4.47 Å². The molecule has 11 heavy (non-hydrogen) atoms. The molecule has 1 atom stereocenters. The molecule has 0 spiro atoms. The molecule has 0 fully saturated rings. The standard InChI is InChI=1S/C8H7BrN2/c9-7-3-1-6(2-4-7)8(11)5-10/h1-4,8H,11H2. The lowest BCUT2D eigenvalue weighted by atomic mass is 10.1. The third-order valence-corrected chi connectivity index (χ3v) is 1.90. The summed E-state index contributed by atoms with van der Waals surface area (Å²) in [7, 11) is 0. The molecule has 0 amide bonds. The Morgan fingerprint density at radius 3 is 2.36 bits per heavy atom. The average molecular weight is 211 g/mol. The molecule has 0 bridgehead atoms. The summed E-state index contributed by atoms with van der Waals surface area (Å²) in [6.45, 7) is 0. The van der Waals surface area contributed by atoms with Crippen LogP contribution in [-0.2, 0) is 0 Å². The van der Waals surface area contributed by atoms with Crippen molar-refractivity contribution in [2.24, 2.45) is 5.73 Å². The van der Waals surface area contributed by atoms with Gasteiger partial charge in [-0.1, -0.05) is 28.1 Å². The second-order valence-electron chi connectivity index (χ2n) is 2.16. The Morgan fingerprint density at radius 2 is 1.91 bits per heavy atom. The summed E-state index contributed by atoms with van der Waals surface area (Å²) in [4.78, 5) is 0. The van der Waals surface area contributed by atoms with E-state index >= 15 is 0 Å². The fourth-order valence-electron chi connectivity index (χ4n) is 0.745. The van der Waals surface area contributed by atoms with Crippen LogP contribution in [0, 0.1) is 11.3 Å². The van der Waals surface area contributed by atoms with Crippen LogP contribution in [0.15, 0.2) is 28.7 Å². The second-order valence-corrected chi connectivity index (χ2v) is 3.07. The summed E-state index contributed by atoms with van der Waals surface area (Å²) < 4.78 is 0.992. The fourth-order valence-corrected chi connectivity index (χ4v) is 1.01. The quantitative estimate of drug-likeness (QED) is 0.771. The summed E-state index contributed by atoms with van der Waals surface area (Å²) in [5, 5.41) is 8.47. The van der Waals surface area contributed by atoms with Gasteiger partial charge in [0.1, 0.15) is 6.04 Å². The monoisotopic (exact) mass is 210 g/mol. The number of nitrogens with zero attached hydrogens (tertiary/aromatic N) is 1. The maximum Gasteiger partial charge on any atom is 0.118 e. The van der Waals surface area contributed by atoms with Gasteiger partial charge in [0.15, 0.2) is 0 Å². The number of benzene rings is 1. The first-order valence-corrected chi connectivity index (χ1v) is 3.94. The van der Waals surface area contributed by atoms with Gasteiger partial charge in [0.2, 0.25) is 0 Å². The van der Waals surface area contributed by atoms with Crippen LogP contribution < -0.4 is 5.73 Å². The van der Waals surface area contributed by atoms with Crippen LogP contribution in [0.2, 0.25) is 0 Å². The Balaban J connectivity index is 2.92. The van der Waals surface area contributed by atoms with Crippen LogP contribution in [0.25, 0.3) is 0 Å². The van der Waals surface area contributed by atoms with Crippen LogP contribution in [-0.4, -0.2) is 0 Å². The van der Waals surface area contributed by atoms with Crippen LogP contribution in [0.3, 0.4) is 0 Å². The minimum Gasteiger partial charge on any atom is -0.312 e. The lowest BCUT2D eigenvalue weighted by Gasteiger charge is -2.01. The second kappa shape index (κ2) is 3.51. The molecule has 2 N–H and O–H groups in total. The molecular weight excluding hydrogens is 204 g/mol. The van der Waals surface area contributed by atoms with Crippen molar-refractivity contribution in [3.05, 3.63) is 34.3 Å². The zero-order valence-electron chi connectivity index (χ0n) is 5.79. The largest absolute Gasteiger partial charge is 0.312 e. The van der Waals surface area contributed by atoms with E-state index in [4.69, 9.17) is 11.0 Å². The number of rotatable bonds is 1. The number of hydrogen-bond acceptors (Lipinski definition) is 2. The van der Waals surface area contributed by atoms with E-state index in [0.29, 0.717) is 0 Å². The van der Waals surface area contributed by atoms with E-state index in [-0.39, 0.29) is 0 Å². The van der Waals surface area contributed by atoms with E-state index in [2.05, 4.69) is 15.9 Å². The topological polar surface area (TPSA) is 49.8 Å². The maximum atomic E-state index is 8.47. The molecule has 1 aromatic carbocycles. The summed E-state index contributed by atoms with van der Waals surface area (Å²) in [6.07, 6.45) is 0. The van der Waals surface area contributed by atoms with E-state index in [9.17, 15) is 0 Å². The molecule has 0 aliphatic carbocycles. The van der Waals surface area contributed by atoms with Gasteiger partial charge in [0.25, 0.3) is 0 Å². The molecule has 1 aromatic rings. The third kappa shape index (κ3) is 2.04. The van der Waals surface area contributed by atoms with Crippen molar-refractivity contribution in [3.63, 3.8) is 0 Å². The van der Waals surface area contributed by atoms with Crippen molar-refractivity contribution in [3.8, 4) is 6.07 Å². The highest BCUT2D eigenvalue weighted by Gasteiger charge is 2.01. The Bertz CT molecular complexity index is 273. The van der Waals surface area contributed by atoms with E-state index in [1.54, 1.807) is 0 Å². The molecule has 0 aliphatic heterocycles. The van der Waals surface area contributed by atoms with E-state index in [0.717, 1.165) is 10.0 Å². The maximum absolute atomic E-state index is 8.47. The van der Waals surface area contributed by atoms with Crippen LogP contribution in [0.5, 0.6) is 0 Å². The van der Waals surface area contributed by atoms with Gasteiger partial charge in [-0.05, 0) is 17.7 Å². The van der Waals surface area contributed by atoms with Gasteiger partial charge in [-0.2, -0.15) is 5.26 Å². The first-order chi connectivity index (χ1) is 5.24. The highest BCUT2D eigenvalue weighted by Crippen LogP contribution is 2.14. The van der Waals surface area contributed by atoms with E-state index in [1.807, 2.05) is 30.3 Å². The molecule has 2 nitrogen and oxygen atoms in total. The highest BCUT2D eigenvalue weighted by atomic mass is 79.9. The number of hydrogen-bond donors (Lipinski definition) is 1. The van der Waals surface area contributed by atoms with Crippen molar-refractivity contribution in [2.75, 3.05) is 0 Å². The molecule has 0 radical (unpaired) electrons. The Kier molecular flexibility index (Phi) is 2.64. The minimum absolute atomic E-state index is 0.511. The number of nitriles is 1. The van der Waals surface area contributed by atoms with Crippen LogP contribution >= 0.6 is 15.9 Å². The predicted molar refractivity (Wildman–Crippen MR) is 46.7 cm³/mol. The summed E-state index contributed by atoms with van der Waals surface area (Å²) >= 11 is 3.29.